The van der Waals surface area contributed by atoms with E-state index in [4.69, 9.17) is 10.00 Å². The lowest BCUT2D eigenvalue weighted by molar-refractivity contribution is 0.112. The Morgan fingerprint density at radius 3 is 2.89 bits per heavy atom. The van der Waals surface area contributed by atoms with Crippen molar-refractivity contribution in [3.8, 4) is 11.9 Å². The minimum atomic E-state index is 0.116. The standard InChI is InChI=1S/C14H19N3O/c1-10-7-8-11(9-15)14(17-10)18-13-6-4-3-5-12(13)16-2/h7-8,12-13,16H,3-6H2,1-2H3. The zero-order valence-corrected chi connectivity index (χ0v) is 10.9. The first-order valence-electron chi connectivity index (χ1n) is 6.46. The molecule has 1 heterocycles. The maximum Gasteiger partial charge on any atom is 0.232 e. The number of aryl methyl sites for hydroxylation is 1. The van der Waals surface area contributed by atoms with Crippen LogP contribution in [0, 0.1) is 18.3 Å². The van der Waals surface area contributed by atoms with Gasteiger partial charge in [-0.15, -0.1) is 0 Å². The highest BCUT2D eigenvalue weighted by atomic mass is 16.5. The Balaban J connectivity index is 2.17. The lowest BCUT2D eigenvalue weighted by atomic mass is 9.92. The predicted octanol–water partition coefficient (Wildman–Crippen LogP) is 2.17. The highest BCUT2D eigenvalue weighted by Gasteiger charge is 2.26. The number of nitrogens with one attached hydrogen (secondary N) is 1. The van der Waals surface area contributed by atoms with E-state index in [0.717, 1.165) is 18.5 Å². The molecule has 0 aliphatic heterocycles. The maximum atomic E-state index is 9.08. The zero-order chi connectivity index (χ0) is 13.0. The van der Waals surface area contributed by atoms with E-state index in [-0.39, 0.29) is 6.10 Å². The van der Waals surface area contributed by atoms with Gasteiger partial charge in [-0.3, -0.25) is 0 Å². The molecule has 0 saturated heterocycles. The van der Waals surface area contributed by atoms with E-state index in [1.165, 1.54) is 12.8 Å². The minimum Gasteiger partial charge on any atom is -0.472 e. The number of nitriles is 1. The largest absolute Gasteiger partial charge is 0.472 e. The van der Waals surface area contributed by atoms with Crippen LogP contribution in [0.4, 0.5) is 0 Å². The molecule has 1 fully saturated rings. The van der Waals surface area contributed by atoms with E-state index in [1.807, 2.05) is 20.0 Å². The van der Waals surface area contributed by atoms with Gasteiger partial charge in [0.05, 0.1) is 0 Å². The fourth-order valence-electron chi connectivity index (χ4n) is 2.42. The highest BCUT2D eigenvalue weighted by Crippen LogP contribution is 2.24. The number of rotatable bonds is 3. The van der Waals surface area contributed by atoms with Gasteiger partial charge < -0.3 is 10.1 Å². The number of pyridine rings is 1. The van der Waals surface area contributed by atoms with Crippen molar-refractivity contribution in [2.75, 3.05) is 7.05 Å². The Hall–Kier alpha value is -1.60. The Kier molecular flexibility index (Phi) is 4.16. The first kappa shape index (κ1) is 12.8. The third-order valence-electron chi connectivity index (χ3n) is 3.46. The maximum absolute atomic E-state index is 9.08. The molecule has 1 saturated carbocycles. The molecule has 0 spiro atoms. The molecule has 1 aromatic rings. The van der Waals surface area contributed by atoms with Gasteiger partial charge in [-0.2, -0.15) is 5.26 Å². The van der Waals surface area contributed by atoms with Crippen LogP contribution in [0.5, 0.6) is 5.88 Å². The molecule has 4 nitrogen and oxygen atoms in total. The normalized spacial score (nSPS) is 23.4. The Morgan fingerprint density at radius 1 is 1.39 bits per heavy atom. The summed E-state index contributed by atoms with van der Waals surface area (Å²) in [6.45, 7) is 1.91. The van der Waals surface area contributed by atoms with E-state index < -0.39 is 0 Å². The van der Waals surface area contributed by atoms with Gasteiger partial charge >= 0.3 is 0 Å². The molecule has 4 heteroatoms. The fraction of sp³-hybridized carbons (Fsp3) is 0.571. The van der Waals surface area contributed by atoms with Gasteiger partial charge in [-0.05, 0) is 45.4 Å². The van der Waals surface area contributed by atoms with Crippen LogP contribution in [-0.2, 0) is 0 Å². The zero-order valence-electron chi connectivity index (χ0n) is 10.9. The second kappa shape index (κ2) is 5.83. The van der Waals surface area contributed by atoms with Crippen molar-refractivity contribution in [2.24, 2.45) is 0 Å². The summed E-state index contributed by atoms with van der Waals surface area (Å²) < 4.78 is 5.97. The Bertz CT molecular complexity index is 453. The lowest BCUT2D eigenvalue weighted by Crippen LogP contribution is -2.43. The molecular weight excluding hydrogens is 226 g/mol. The van der Waals surface area contributed by atoms with Gasteiger partial charge in [-0.25, -0.2) is 4.98 Å². The van der Waals surface area contributed by atoms with E-state index in [0.29, 0.717) is 17.5 Å². The molecule has 2 rings (SSSR count). The number of ether oxygens (including phenoxy) is 1. The summed E-state index contributed by atoms with van der Waals surface area (Å²) in [6.07, 6.45) is 4.67. The number of nitrogens with zero attached hydrogens (tertiary/aromatic N) is 2. The smallest absolute Gasteiger partial charge is 0.232 e. The molecule has 18 heavy (non-hydrogen) atoms. The van der Waals surface area contributed by atoms with Gasteiger partial charge in [0.1, 0.15) is 17.7 Å². The van der Waals surface area contributed by atoms with Crippen molar-refractivity contribution in [3.05, 3.63) is 23.4 Å². The molecule has 1 aliphatic rings. The fourth-order valence-corrected chi connectivity index (χ4v) is 2.42. The van der Waals surface area contributed by atoms with Gasteiger partial charge in [-0.1, -0.05) is 6.42 Å². The molecule has 0 radical (unpaired) electrons. The quantitative estimate of drug-likeness (QED) is 0.886. The van der Waals surface area contributed by atoms with Gasteiger partial charge in [0.2, 0.25) is 5.88 Å². The third kappa shape index (κ3) is 2.80. The molecule has 2 unspecified atom stereocenters. The highest BCUT2D eigenvalue weighted by molar-refractivity contribution is 5.38. The summed E-state index contributed by atoms with van der Waals surface area (Å²) in [7, 11) is 1.96. The van der Waals surface area contributed by atoms with Crippen LogP contribution in [0.1, 0.15) is 36.9 Å². The third-order valence-corrected chi connectivity index (χ3v) is 3.46. The van der Waals surface area contributed by atoms with Crippen molar-refractivity contribution in [3.63, 3.8) is 0 Å². The van der Waals surface area contributed by atoms with Gasteiger partial charge in [0, 0.05) is 11.7 Å². The molecule has 1 N–H and O–H groups in total. The van der Waals surface area contributed by atoms with Crippen molar-refractivity contribution in [1.29, 1.82) is 5.26 Å². The number of hydrogen-bond donors (Lipinski definition) is 1. The van der Waals surface area contributed by atoms with Crippen molar-refractivity contribution >= 4 is 0 Å². The van der Waals surface area contributed by atoms with E-state index in [2.05, 4.69) is 16.4 Å². The van der Waals surface area contributed by atoms with Crippen molar-refractivity contribution in [1.82, 2.24) is 10.3 Å². The Labute approximate surface area is 108 Å². The molecule has 0 aromatic carbocycles. The Morgan fingerprint density at radius 2 is 2.17 bits per heavy atom. The lowest BCUT2D eigenvalue weighted by Gasteiger charge is -2.31. The molecule has 0 amide bonds. The molecule has 2 atom stereocenters. The van der Waals surface area contributed by atoms with Crippen LogP contribution in [0.3, 0.4) is 0 Å². The van der Waals surface area contributed by atoms with Crippen LogP contribution in [0.2, 0.25) is 0 Å². The SMILES string of the molecule is CNC1CCCCC1Oc1nc(C)ccc1C#N. The summed E-state index contributed by atoms with van der Waals surface area (Å²) in [5, 5.41) is 12.4. The number of likely N-dealkylation sites (N-methyl/N-ethyl adjacent to an activating group) is 1. The van der Waals surface area contributed by atoms with Crippen molar-refractivity contribution in [2.45, 2.75) is 44.8 Å². The van der Waals surface area contributed by atoms with Crippen LogP contribution < -0.4 is 10.1 Å². The van der Waals surface area contributed by atoms with Crippen LogP contribution in [-0.4, -0.2) is 24.2 Å². The van der Waals surface area contributed by atoms with E-state index in [9.17, 15) is 0 Å². The summed E-state index contributed by atoms with van der Waals surface area (Å²) in [5.41, 5.74) is 1.39. The molecule has 96 valence electrons. The van der Waals surface area contributed by atoms with Crippen LogP contribution in [0.25, 0.3) is 0 Å². The number of aromatic nitrogens is 1. The second-order valence-corrected chi connectivity index (χ2v) is 4.75. The summed E-state index contributed by atoms with van der Waals surface area (Å²) in [5.74, 6) is 0.477. The first-order valence-corrected chi connectivity index (χ1v) is 6.46. The second-order valence-electron chi connectivity index (χ2n) is 4.75. The molecule has 1 aliphatic carbocycles. The minimum absolute atomic E-state index is 0.116. The molecule has 0 bridgehead atoms. The van der Waals surface area contributed by atoms with Crippen molar-refractivity contribution < 1.29 is 4.74 Å². The summed E-state index contributed by atoms with van der Waals surface area (Å²) >= 11 is 0. The summed E-state index contributed by atoms with van der Waals surface area (Å²) in [6, 6.07) is 6.10. The van der Waals surface area contributed by atoms with E-state index >= 15 is 0 Å². The first-order chi connectivity index (χ1) is 8.74. The average Bonchev–Trinajstić information content (AvgIpc) is 2.40. The number of hydrogen-bond acceptors (Lipinski definition) is 4. The van der Waals surface area contributed by atoms with E-state index in [1.54, 1.807) is 6.07 Å². The van der Waals surface area contributed by atoms with Crippen LogP contribution in [0.15, 0.2) is 12.1 Å². The topological polar surface area (TPSA) is 57.9 Å². The van der Waals surface area contributed by atoms with Gasteiger partial charge in [0.25, 0.3) is 0 Å². The van der Waals surface area contributed by atoms with Crippen LogP contribution >= 0.6 is 0 Å². The summed E-state index contributed by atoms with van der Waals surface area (Å²) in [4.78, 5) is 4.33. The monoisotopic (exact) mass is 245 g/mol. The molecular formula is C14H19N3O. The predicted molar refractivity (Wildman–Crippen MR) is 69.4 cm³/mol. The molecule has 1 aromatic heterocycles. The average molecular weight is 245 g/mol. The van der Waals surface area contributed by atoms with Gasteiger partial charge in [0.15, 0.2) is 0 Å².